The Hall–Kier alpha value is -0.350. The Bertz CT molecular complexity index is 211. The third-order valence-corrected chi connectivity index (χ3v) is 2.01. The Balaban J connectivity index is 5.60. The molecule has 0 saturated heterocycles. The van der Waals surface area contributed by atoms with Crippen molar-refractivity contribution in [1.29, 1.82) is 0 Å². The average Bonchev–Trinajstić information content (AvgIpc) is 1.52. The first-order chi connectivity index (χ1) is 5.00. The van der Waals surface area contributed by atoms with Crippen molar-refractivity contribution in [3.8, 4) is 0 Å². The molecule has 0 rings (SSSR count). The number of hydrogen-bond acceptors (Lipinski definition) is 0. The zero-order chi connectivity index (χ0) is 11.4. The first-order valence-corrected chi connectivity index (χ1v) is 4.12. The van der Waals surface area contributed by atoms with Crippen LogP contribution in [0, 0.1) is 0 Å². The molecule has 0 unspecified atom stereocenters. The number of rotatable bonds is 1. The molecular formula is C2F10S. The average molecular weight is 246 g/mol. The normalized spacial score (nSPS) is 20.8. The number of alkyl halides is 5. The predicted molar refractivity (Wildman–Crippen MR) is 24.1 cm³/mol. The van der Waals surface area contributed by atoms with Crippen molar-refractivity contribution in [3.63, 3.8) is 0 Å². The molecule has 0 N–H and O–H groups in total. The molecule has 0 aromatic heterocycles. The van der Waals surface area contributed by atoms with Crippen LogP contribution in [-0.2, 0) is 0 Å². The molecular weight excluding hydrogens is 246 g/mol. The summed E-state index contributed by atoms with van der Waals surface area (Å²) in [4.78, 5) is 0. The Labute approximate surface area is 64.2 Å². The van der Waals surface area contributed by atoms with Crippen LogP contribution < -0.4 is 0 Å². The first kappa shape index (κ1) is 12.7. The Morgan fingerprint density at radius 1 is 0.615 bits per heavy atom. The van der Waals surface area contributed by atoms with Crippen LogP contribution in [0.3, 0.4) is 0 Å². The van der Waals surface area contributed by atoms with Crippen LogP contribution in [0.2, 0.25) is 0 Å². The minimum absolute atomic E-state index is 7.35. The molecule has 0 aliphatic rings. The van der Waals surface area contributed by atoms with Gasteiger partial charge in [0.25, 0.3) is 0 Å². The lowest BCUT2D eigenvalue weighted by molar-refractivity contribution is -0.253. The van der Waals surface area contributed by atoms with Gasteiger partial charge in [-0.1, -0.05) is 19.4 Å². The fraction of sp³-hybridized carbons (Fsp3) is 1.00. The van der Waals surface area contributed by atoms with Gasteiger partial charge in [0.05, 0.1) is 0 Å². The van der Waals surface area contributed by atoms with E-state index in [1.165, 1.54) is 0 Å². The van der Waals surface area contributed by atoms with Gasteiger partial charge < -0.3 is 0 Å². The molecule has 0 amide bonds. The summed E-state index contributed by atoms with van der Waals surface area (Å²) in [5.41, 5.74) is 0. The highest BCUT2D eigenvalue weighted by molar-refractivity contribution is 8.46. The van der Waals surface area contributed by atoms with Crippen molar-refractivity contribution >= 4 is 10.2 Å². The summed E-state index contributed by atoms with van der Waals surface area (Å²) >= 11 is 0. The maximum atomic E-state index is 11.3. The number of hydrogen-bond donors (Lipinski definition) is 0. The van der Waals surface area contributed by atoms with E-state index in [9.17, 15) is 41.4 Å². The van der Waals surface area contributed by atoms with Crippen LogP contribution in [-0.4, -0.2) is 11.4 Å². The lowest BCUT2D eigenvalue weighted by atomic mass is 10.7. The summed E-state index contributed by atoms with van der Waals surface area (Å²) in [6, 6.07) is 0. The van der Waals surface area contributed by atoms with Gasteiger partial charge in [0, 0.05) is 0 Å². The third kappa shape index (κ3) is 1.94. The van der Waals surface area contributed by atoms with Gasteiger partial charge >= 0.3 is 21.7 Å². The largest absolute Gasteiger partial charge is 0.476 e. The van der Waals surface area contributed by atoms with Crippen LogP contribution in [0.1, 0.15) is 0 Å². The smallest absolute Gasteiger partial charge is 0.175 e. The highest BCUT2D eigenvalue weighted by Gasteiger charge is 2.92. The lowest BCUT2D eigenvalue weighted by Crippen LogP contribution is -2.46. The highest BCUT2D eigenvalue weighted by Crippen LogP contribution is 3.05. The summed E-state index contributed by atoms with van der Waals surface area (Å²) in [6.07, 6.45) is -7.35. The Kier molecular flexibility index (Phi) is 1.81. The predicted octanol–water partition coefficient (Wildman–Crippen LogP) is 4.44. The monoisotopic (exact) mass is 246 g/mol. The summed E-state index contributed by atoms with van der Waals surface area (Å²) in [5.74, 6) is 0. The first-order valence-electron chi connectivity index (χ1n) is 2.17. The molecule has 0 aromatic carbocycles. The molecule has 0 saturated carbocycles. The van der Waals surface area contributed by atoms with E-state index in [0.29, 0.717) is 0 Å². The zero-order valence-electron chi connectivity index (χ0n) is 5.19. The summed E-state index contributed by atoms with van der Waals surface area (Å²) in [7, 11) is -11.9. The highest BCUT2D eigenvalue weighted by atomic mass is 32.5. The fourth-order valence-electron chi connectivity index (χ4n) is 0.219. The van der Waals surface area contributed by atoms with Crippen LogP contribution in [0.15, 0.2) is 0 Å². The van der Waals surface area contributed by atoms with Gasteiger partial charge in [-0.2, -0.15) is 22.0 Å². The fourth-order valence-corrected chi connectivity index (χ4v) is 0.656. The van der Waals surface area contributed by atoms with Gasteiger partial charge in [0.1, 0.15) is 0 Å². The molecule has 11 heteroatoms. The second-order valence-electron chi connectivity index (χ2n) is 1.98. The van der Waals surface area contributed by atoms with Gasteiger partial charge in [-0.3, -0.25) is 0 Å². The molecule has 13 heavy (non-hydrogen) atoms. The van der Waals surface area contributed by atoms with E-state index in [2.05, 4.69) is 0 Å². The minimum Gasteiger partial charge on any atom is -0.175 e. The third-order valence-electron chi connectivity index (χ3n) is 0.814. The van der Waals surface area contributed by atoms with E-state index < -0.39 is 21.7 Å². The second-order valence-corrected chi connectivity index (χ2v) is 4.43. The molecule has 0 heterocycles. The molecule has 0 radical (unpaired) electrons. The van der Waals surface area contributed by atoms with E-state index in [1.54, 1.807) is 0 Å². The maximum absolute atomic E-state index is 11.9. The van der Waals surface area contributed by atoms with E-state index >= 15 is 0 Å². The summed E-state index contributed by atoms with van der Waals surface area (Å²) in [5, 5.41) is -7.97. The topological polar surface area (TPSA) is 0 Å². The van der Waals surface area contributed by atoms with Crippen molar-refractivity contribution in [3.05, 3.63) is 0 Å². The van der Waals surface area contributed by atoms with Gasteiger partial charge in [0.2, 0.25) is 0 Å². The van der Waals surface area contributed by atoms with Crippen molar-refractivity contribution in [2.45, 2.75) is 11.4 Å². The quantitative estimate of drug-likeness (QED) is 0.600. The van der Waals surface area contributed by atoms with Crippen LogP contribution >= 0.6 is 10.2 Å². The van der Waals surface area contributed by atoms with Crippen molar-refractivity contribution < 1.29 is 41.4 Å². The van der Waals surface area contributed by atoms with Gasteiger partial charge in [-0.15, -0.1) is 0 Å². The van der Waals surface area contributed by atoms with E-state index in [0.717, 1.165) is 0 Å². The van der Waals surface area contributed by atoms with Crippen molar-refractivity contribution in [1.82, 2.24) is 0 Å². The van der Waals surface area contributed by atoms with Crippen molar-refractivity contribution in [2.24, 2.45) is 0 Å². The van der Waals surface area contributed by atoms with Crippen LogP contribution in [0.4, 0.5) is 41.4 Å². The molecule has 0 aliphatic heterocycles. The standard InChI is InChI=1S/C2F10S/c3-1(4,5)2(6,7)13(8,9,10,11)12. The number of halogens is 10. The van der Waals surface area contributed by atoms with Crippen LogP contribution in [0.5, 0.6) is 0 Å². The van der Waals surface area contributed by atoms with Crippen molar-refractivity contribution in [2.75, 3.05) is 0 Å². The van der Waals surface area contributed by atoms with Crippen LogP contribution in [0.25, 0.3) is 0 Å². The zero-order valence-corrected chi connectivity index (χ0v) is 6.00. The van der Waals surface area contributed by atoms with Gasteiger partial charge in [-0.25, -0.2) is 0 Å². The molecule has 84 valence electrons. The molecule has 0 spiro atoms. The lowest BCUT2D eigenvalue weighted by Gasteiger charge is -2.45. The Morgan fingerprint density at radius 2 is 0.846 bits per heavy atom. The molecule has 0 fully saturated rings. The molecule has 0 nitrogen and oxygen atoms in total. The molecule has 0 bridgehead atoms. The minimum atomic E-state index is -11.9. The maximum Gasteiger partial charge on any atom is 0.476 e. The molecule has 0 aliphatic carbocycles. The summed E-state index contributed by atoms with van der Waals surface area (Å²) in [6.45, 7) is 0. The molecule has 0 aromatic rings. The van der Waals surface area contributed by atoms with E-state index in [1.807, 2.05) is 0 Å². The SMILES string of the molecule is FC(F)(F)C(F)(F)S(F)(F)(F)(F)F. The van der Waals surface area contributed by atoms with E-state index in [4.69, 9.17) is 0 Å². The van der Waals surface area contributed by atoms with Gasteiger partial charge in [-0.05, 0) is 0 Å². The van der Waals surface area contributed by atoms with Gasteiger partial charge in [0.15, 0.2) is 0 Å². The molecule has 0 atom stereocenters. The summed E-state index contributed by atoms with van der Waals surface area (Å²) < 4.78 is 110. The second kappa shape index (κ2) is 1.86. The van der Waals surface area contributed by atoms with E-state index in [-0.39, 0.29) is 0 Å². The Morgan fingerprint density at radius 3 is 0.846 bits per heavy atom.